The van der Waals surface area contributed by atoms with Crippen LogP contribution in [0.25, 0.3) is 22.3 Å². The molecule has 14 nitrogen and oxygen atoms in total. The van der Waals surface area contributed by atoms with Crippen LogP contribution in [0.4, 0.5) is 0 Å². The number of hydrogen-bond donors (Lipinski definition) is 8. The lowest BCUT2D eigenvalue weighted by Crippen LogP contribution is -2.64. The summed E-state index contributed by atoms with van der Waals surface area (Å²) in [5, 5.41) is 81.5. The number of phenols is 2. The highest BCUT2D eigenvalue weighted by Crippen LogP contribution is 2.37. The zero-order valence-corrected chi connectivity index (χ0v) is 21.5. The van der Waals surface area contributed by atoms with Crippen molar-refractivity contribution in [2.24, 2.45) is 0 Å². The van der Waals surface area contributed by atoms with Gasteiger partial charge in [0.15, 0.2) is 12.1 Å². The van der Waals surface area contributed by atoms with E-state index in [1.54, 1.807) is 30.3 Å². The number of aliphatic hydroxyl groups excluding tert-OH is 6. The van der Waals surface area contributed by atoms with E-state index in [-0.39, 0.29) is 22.5 Å². The van der Waals surface area contributed by atoms with E-state index in [0.717, 1.165) is 12.1 Å². The second-order valence-corrected chi connectivity index (χ2v) is 9.90. The molecule has 0 radical (unpaired) electrons. The Bertz CT molecular complexity index is 1430. The van der Waals surface area contributed by atoms with Crippen LogP contribution in [0.1, 0.15) is 6.92 Å². The summed E-state index contributed by atoms with van der Waals surface area (Å²) >= 11 is 0. The van der Waals surface area contributed by atoms with Gasteiger partial charge in [0.05, 0.1) is 12.7 Å². The van der Waals surface area contributed by atoms with Crippen LogP contribution in [0.5, 0.6) is 17.2 Å². The first kappa shape index (κ1) is 29.2. The minimum atomic E-state index is -1.84. The van der Waals surface area contributed by atoms with Crippen molar-refractivity contribution in [2.45, 2.75) is 68.3 Å². The molecule has 2 aliphatic heterocycles. The number of aliphatic hydroxyl groups is 6. The number of benzene rings is 2. The normalized spacial score (nSPS) is 34.0. The van der Waals surface area contributed by atoms with E-state index < -0.39 is 84.9 Å². The fourth-order valence-corrected chi connectivity index (χ4v) is 4.90. The zero-order valence-electron chi connectivity index (χ0n) is 21.5. The molecule has 2 aromatic carbocycles. The number of rotatable bonds is 6. The quantitative estimate of drug-likeness (QED) is 0.174. The molecule has 41 heavy (non-hydrogen) atoms. The molecule has 10 unspecified atom stereocenters. The summed E-state index contributed by atoms with van der Waals surface area (Å²) < 4.78 is 28.3. The van der Waals surface area contributed by atoms with Crippen molar-refractivity contribution in [2.75, 3.05) is 6.61 Å². The Kier molecular flexibility index (Phi) is 8.20. The smallest absolute Gasteiger partial charge is 0.239 e. The van der Waals surface area contributed by atoms with Gasteiger partial charge >= 0.3 is 0 Å². The third-order valence-corrected chi connectivity index (χ3v) is 7.10. The minimum absolute atomic E-state index is 0.106. The third-order valence-electron chi connectivity index (χ3n) is 7.10. The number of aromatic hydroxyl groups is 2. The summed E-state index contributed by atoms with van der Waals surface area (Å²) in [6.07, 6.45) is -15.7. The van der Waals surface area contributed by atoms with Gasteiger partial charge in [-0.25, -0.2) is 0 Å². The maximum absolute atomic E-state index is 13.5. The number of ether oxygens (including phenoxy) is 4. The van der Waals surface area contributed by atoms with E-state index in [1.807, 2.05) is 0 Å². The lowest BCUT2D eigenvalue weighted by molar-refractivity contribution is -0.348. The van der Waals surface area contributed by atoms with E-state index in [2.05, 4.69) is 0 Å². The number of fused-ring (bicyclic) bond motifs is 1. The first-order valence-electron chi connectivity index (χ1n) is 12.7. The first-order chi connectivity index (χ1) is 19.5. The molecule has 14 heteroatoms. The van der Waals surface area contributed by atoms with Crippen LogP contribution >= 0.6 is 0 Å². The summed E-state index contributed by atoms with van der Waals surface area (Å²) in [7, 11) is 0. The molecule has 8 N–H and O–H groups in total. The average molecular weight is 579 g/mol. The Hall–Kier alpha value is -3.31. The van der Waals surface area contributed by atoms with Gasteiger partial charge in [-0.05, 0) is 6.92 Å². The Morgan fingerprint density at radius 3 is 2.22 bits per heavy atom. The van der Waals surface area contributed by atoms with Gasteiger partial charge in [0.1, 0.15) is 65.2 Å². The van der Waals surface area contributed by atoms with Crippen molar-refractivity contribution in [1.29, 1.82) is 0 Å². The van der Waals surface area contributed by atoms with E-state index >= 15 is 0 Å². The summed E-state index contributed by atoms with van der Waals surface area (Å²) in [5.74, 6) is -1.49. The van der Waals surface area contributed by atoms with Crippen molar-refractivity contribution in [3.63, 3.8) is 0 Å². The molecule has 1 aromatic heterocycles. The Labute approximate surface area is 231 Å². The van der Waals surface area contributed by atoms with Crippen molar-refractivity contribution >= 4 is 11.0 Å². The molecule has 2 saturated heterocycles. The highest BCUT2D eigenvalue weighted by atomic mass is 16.7. The standard InChI is InChI=1S/C27H30O14/c1-10-23(40-27-21(35)19(33)17(31)15(9-28)39-27)20(34)22(36)26(37-10)41-25-18(32)16-13(30)7-12(29)8-14(16)38-24(25)11-5-3-2-4-6-11/h2-8,10,15,17,19-23,26-31,33-36H,9H2,1H3. The Morgan fingerprint density at radius 2 is 1.54 bits per heavy atom. The molecule has 0 aliphatic carbocycles. The second-order valence-electron chi connectivity index (χ2n) is 9.90. The molecular formula is C27H30O14. The van der Waals surface area contributed by atoms with Crippen LogP contribution < -0.4 is 10.2 Å². The summed E-state index contributed by atoms with van der Waals surface area (Å²) in [6.45, 7) is 0.742. The molecule has 5 rings (SSSR count). The predicted octanol–water partition coefficient (Wildman–Crippen LogP) is -1.10. The summed E-state index contributed by atoms with van der Waals surface area (Å²) in [4.78, 5) is 13.5. The average Bonchev–Trinajstić information content (AvgIpc) is 2.95. The first-order valence-corrected chi connectivity index (χ1v) is 12.7. The Morgan fingerprint density at radius 1 is 0.854 bits per heavy atom. The maximum atomic E-state index is 13.5. The molecule has 0 amide bonds. The Balaban J connectivity index is 1.44. The molecule has 0 bridgehead atoms. The van der Waals surface area contributed by atoms with Crippen molar-refractivity contribution in [3.05, 3.63) is 52.7 Å². The van der Waals surface area contributed by atoms with Gasteiger partial charge in [-0.1, -0.05) is 30.3 Å². The molecule has 222 valence electrons. The van der Waals surface area contributed by atoms with Gasteiger partial charge < -0.3 is 64.2 Å². The van der Waals surface area contributed by atoms with Gasteiger partial charge in [0.2, 0.25) is 17.5 Å². The molecule has 2 fully saturated rings. The molecule has 10 atom stereocenters. The van der Waals surface area contributed by atoms with Gasteiger partial charge in [-0.2, -0.15) is 0 Å². The molecule has 3 aromatic rings. The zero-order chi connectivity index (χ0) is 29.6. The monoisotopic (exact) mass is 578 g/mol. The number of phenolic OH excluding ortho intramolecular Hbond substituents is 2. The maximum Gasteiger partial charge on any atom is 0.239 e. The molecule has 3 heterocycles. The van der Waals surface area contributed by atoms with Gasteiger partial charge in [-0.3, -0.25) is 4.79 Å². The van der Waals surface area contributed by atoms with Gasteiger partial charge in [-0.15, -0.1) is 0 Å². The van der Waals surface area contributed by atoms with E-state index in [9.17, 15) is 45.6 Å². The lowest BCUT2D eigenvalue weighted by atomic mass is 9.97. The summed E-state index contributed by atoms with van der Waals surface area (Å²) in [5.41, 5.74) is -0.600. The van der Waals surface area contributed by atoms with E-state index in [4.69, 9.17) is 23.4 Å². The van der Waals surface area contributed by atoms with E-state index in [1.165, 1.54) is 6.92 Å². The number of hydrogen-bond acceptors (Lipinski definition) is 14. The van der Waals surface area contributed by atoms with Gasteiger partial charge in [0.25, 0.3) is 0 Å². The second kappa shape index (κ2) is 11.5. The van der Waals surface area contributed by atoms with Crippen LogP contribution in [0.15, 0.2) is 51.7 Å². The molecule has 2 aliphatic rings. The van der Waals surface area contributed by atoms with Gasteiger partial charge in [0, 0.05) is 17.7 Å². The molecular weight excluding hydrogens is 548 g/mol. The van der Waals surface area contributed by atoms with Crippen molar-refractivity contribution < 1.29 is 64.2 Å². The van der Waals surface area contributed by atoms with Crippen LogP contribution in [-0.2, 0) is 14.2 Å². The lowest BCUT2D eigenvalue weighted by Gasteiger charge is -2.45. The topological polar surface area (TPSA) is 229 Å². The highest BCUT2D eigenvalue weighted by Gasteiger charge is 2.50. The highest BCUT2D eigenvalue weighted by molar-refractivity contribution is 5.88. The molecule has 0 spiro atoms. The minimum Gasteiger partial charge on any atom is -0.508 e. The van der Waals surface area contributed by atoms with E-state index in [0.29, 0.717) is 5.56 Å². The molecule has 0 saturated carbocycles. The third kappa shape index (κ3) is 5.37. The fourth-order valence-electron chi connectivity index (χ4n) is 4.90. The summed E-state index contributed by atoms with van der Waals surface area (Å²) in [6, 6.07) is 10.4. The van der Waals surface area contributed by atoms with Crippen LogP contribution in [-0.4, -0.2) is 109 Å². The van der Waals surface area contributed by atoms with Crippen molar-refractivity contribution in [1.82, 2.24) is 0 Å². The predicted molar refractivity (Wildman–Crippen MR) is 137 cm³/mol. The van der Waals surface area contributed by atoms with Crippen LogP contribution in [0.3, 0.4) is 0 Å². The SMILES string of the molecule is CC1OC(Oc2c(-c3ccccc3)oc3cc(O)cc(O)c3c2=O)C(O)C(O)C1OC1OC(CO)C(O)C(O)C1O. The largest absolute Gasteiger partial charge is 0.508 e. The fraction of sp³-hybridized carbons (Fsp3) is 0.444. The van der Waals surface area contributed by atoms with Crippen LogP contribution in [0, 0.1) is 0 Å². The van der Waals surface area contributed by atoms with Crippen molar-refractivity contribution in [3.8, 4) is 28.6 Å². The van der Waals surface area contributed by atoms with Crippen LogP contribution in [0.2, 0.25) is 0 Å².